The van der Waals surface area contributed by atoms with Crippen molar-refractivity contribution < 1.29 is 14.0 Å². The van der Waals surface area contributed by atoms with Crippen LogP contribution in [0.15, 0.2) is 22.8 Å². The average Bonchev–Trinajstić information content (AvgIpc) is 3.04. The highest BCUT2D eigenvalue weighted by atomic mass is 16.3. The molecule has 2 aliphatic carbocycles. The van der Waals surface area contributed by atoms with Gasteiger partial charge in [-0.05, 0) is 42.9 Å². The van der Waals surface area contributed by atoms with E-state index in [1.165, 1.54) is 6.92 Å². The molecule has 0 fully saturated rings. The first-order valence-electron chi connectivity index (χ1n) is 9.14. The molecule has 1 aromatic carbocycles. The van der Waals surface area contributed by atoms with E-state index in [-0.39, 0.29) is 29.3 Å². The van der Waals surface area contributed by atoms with Gasteiger partial charge in [0.2, 0.25) is 5.78 Å². The maximum Gasteiger partial charge on any atom is 0.229 e. The number of Topliss-reactive ketones (excluding diaryl/α,β-unsaturated/α-hetero) is 1. The van der Waals surface area contributed by atoms with Gasteiger partial charge in [-0.15, -0.1) is 0 Å². The van der Waals surface area contributed by atoms with Crippen molar-refractivity contribution in [2.45, 2.75) is 47.0 Å². The smallest absolute Gasteiger partial charge is 0.229 e. The zero-order chi connectivity index (χ0) is 19.2. The van der Waals surface area contributed by atoms with Crippen LogP contribution in [0.5, 0.6) is 0 Å². The van der Waals surface area contributed by atoms with Crippen LogP contribution in [0, 0.1) is 30.1 Å². The minimum absolute atomic E-state index is 0.0668. The minimum Gasteiger partial charge on any atom is -0.460 e. The van der Waals surface area contributed by atoms with E-state index in [0.717, 1.165) is 23.1 Å². The second-order valence-electron chi connectivity index (χ2n) is 6.91. The Hall–Kier alpha value is -2.67. The van der Waals surface area contributed by atoms with Crippen LogP contribution in [-0.2, 0) is 6.42 Å². The number of benzene rings is 1. The molecule has 4 nitrogen and oxygen atoms in total. The third-order valence-electron chi connectivity index (χ3n) is 5.53. The van der Waals surface area contributed by atoms with Crippen molar-refractivity contribution in [2.75, 3.05) is 0 Å². The Morgan fingerprint density at radius 3 is 2.62 bits per heavy atom. The monoisotopic (exact) mass is 349 g/mol. The molecule has 0 saturated carbocycles. The van der Waals surface area contributed by atoms with Crippen LogP contribution in [-0.4, -0.2) is 11.6 Å². The highest BCUT2D eigenvalue weighted by Crippen LogP contribution is 2.50. The van der Waals surface area contributed by atoms with Crippen LogP contribution in [0.2, 0.25) is 0 Å². The Labute approximate surface area is 153 Å². The van der Waals surface area contributed by atoms with Gasteiger partial charge >= 0.3 is 0 Å². The number of hydrogen-bond acceptors (Lipinski definition) is 4. The fourth-order valence-electron chi connectivity index (χ4n) is 4.40. The standard InChI is InChI=1S/C20H17NO3.C2H6/c1-9-6-12-8-24-20-17(12)18(15(9)7-21)14-5-4-13(11(3)22)10(2)16(14)19(20)23;1-2/h4-5,8-9,15,18H,6H2,1-3H3;1-2H3. The number of fused-ring (bicyclic) bond motifs is 2. The first kappa shape index (κ1) is 18.1. The van der Waals surface area contributed by atoms with E-state index in [2.05, 4.69) is 13.0 Å². The number of carbonyl (C=O) groups excluding carboxylic acids is 2. The molecule has 3 unspecified atom stereocenters. The number of rotatable bonds is 1. The second-order valence-corrected chi connectivity index (χ2v) is 6.91. The van der Waals surface area contributed by atoms with Gasteiger partial charge in [0, 0.05) is 22.6 Å². The first-order chi connectivity index (χ1) is 12.5. The molecule has 4 heteroatoms. The third kappa shape index (κ3) is 2.34. The van der Waals surface area contributed by atoms with Crippen LogP contribution in [0.1, 0.15) is 82.3 Å². The van der Waals surface area contributed by atoms with Crippen molar-refractivity contribution in [1.29, 1.82) is 5.26 Å². The van der Waals surface area contributed by atoms with Gasteiger partial charge in [0.15, 0.2) is 11.5 Å². The maximum atomic E-state index is 13.0. The van der Waals surface area contributed by atoms with Crippen LogP contribution in [0.4, 0.5) is 0 Å². The quantitative estimate of drug-likeness (QED) is 0.692. The van der Waals surface area contributed by atoms with Gasteiger partial charge in [-0.1, -0.05) is 32.9 Å². The summed E-state index contributed by atoms with van der Waals surface area (Å²) in [5, 5.41) is 9.72. The molecule has 3 atom stereocenters. The lowest BCUT2D eigenvalue weighted by Crippen LogP contribution is -2.32. The highest BCUT2D eigenvalue weighted by molar-refractivity contribution is 6.14. The molecule has 0 aliphatic heterocycles. The number of nitrogens with zero attached hydrogens (tertiary/aromatic N) is 1. The SMILES string of the molecule is CC.CC(=O)c1ccc2c(c1C)C(=O)c1occ3c1C2C(C#N)C(C)C3. The maximum absolute atomic E-state index is 13.0. The summed E-state index contributed by atoms with van der Waals surface area (Å²) >= 11 is 0. The lowest BCUT2D eigenvalue weighted by molar-refractivity contribution is 0.1000. The summed E-state index contributed by atoms with van der Waals surface area (Å²) in [6.07, 6.45) is 2.41. The molecule has 26 heavy (non-hydrogen) atoms. The third-order valence-corrected chi connectivity index (χ3v) is 5.53. The predicted octanol–water partition coefficient (Wildman–Crippen LogP) is 4.83. The molecular formula is C22H23NO3. The van der Waals surface area contributed by atoms with E-state index in [9.17, 15) is 14.9 Å². The van der Waals surface area contributed by atoms with Gasteiger partial charge in [-0.2, -0.15) is 5.26 Å². The van der Waals surface area contributed by atoms with Gasteiger partial charge < -0.3 is 4.42 Å². The molecule has 0 amide bonds. The summed E-state index contributed by atoms with van der Waals surface area (Å²) < 4.78 is 5.61. The topological polar surface area (TPSA) is 71.1 Å². The van der Waals surface area contributed by atoms with Crippen molar-refractivity contribution in [3.05, 3.63) is 57.5 Å². The van der Waals surface area contributed by atoms with Crippen LogP contribution in [0.3, 0.4) is 0 Å². The highest BCUT2D eigenvalue weighted by Gasteiger charge is 2.45. The van der Waals surface area contributed by atoms with Gasteiger partial charge in [-0.25, -0.2) is 0 Å². The summed E-state index contributed by atoms with van der Waals surface area (Å²) in [5.74, 6) is -0.0688. The molecule has 0 spiro atoms. The van der Waals surface area contributed by atoms with E-state index >= 15 is 0 Å². The molecule has 0 bridgehead atoms. The number of nitriles is 1. The van der Waals surface area contributed by atoms with Crippen molar-refractivity contribution in [3.63, 3.8) is 0 Å². The van der Waals surface area contributed by atoms with Crippen molar-refractivity contribution in [3.8, 4) is 6.07 Å². The van der Waals surface area contributed by atoms with E-state index in [4.69, 9.17) is 4.42 Å². The molecule has 0 radical (unpaired) electrons. The Balaban J connectivity index is 0.000000948. The van der Waals surface area contributed by atoms with Crippen molar-refractivity contribution in [2.24, 2.45) is 11.8 Å². The van der Waals surface area contributed by atoms with Crippen LogP contribution >= 0.6 is 0 Å². The van der Waals surface area contributed by atoms with Crippen LogP contribution in [0.25, 0.3) is 0 Å². The largest absolute Gasteiger partial charge is 0.460 e. The lowest BCUT2D eigenvalue weighted by atomic mass is 9.64. The predicted molar refractivity (Wildman–Crippen MR) is 98.5 cm³/mol. The minimum atomic E-state index is -0.205. The Morgan fingerprint density at radius 1 is 1.31 bits per heavy atom. The van der Waals surface area contributed by atoms with Gasteiger partial charge in [0.1, 0.15) is 0 Å². The summed E-state index contributed by atoms with van der Waals surface area (Å²) in [4.78, 5) is 24.8. The molecule has 4 rings (SSSR count). The average molecular weight is 349 g/mol. The summed E-state index contributed by atoms with van der Waals surface area (Å²) in [5.41, 5.74) is 4.54. The molecule has 1 heterocycles. The Bertz CT molecular complexity index is 945. The number of furan rings is 1. The second kappa shape index (κ2) is 6.57. The number of hydrogen-bond donors (Lipinski definition) is 0. The molecule has 2 aliphatic rings. The summed E-state index contributed by atoms with van der Waals surface area (Å²) in [7, 11) is 0. The zero-order valence-electron chi connectivity index (χ0n) is 15.8. The molecule has 0 saturated heterocycles. The van der Waals surface area contributed by atoms with E-state index in [0.29, 0.717) is 22.5 Å². The lowest BCUT2D eigenvalue weighted by Gasteiger charge is -2.36. The number of ketones is 2. The van der Waals surface area contributed by atoms with Gasteiger partial charge in [0.05, 0.1) is 18.3 Å². The number of carbonyl (C=O) groups is 2. The normalized spacial score (nSPS) is 22.5. The first-order valence-corrected chi connectivity index (χ1v) is 9.14. The fraction of sp³-hybridized carbons (Fsp3) is 0.409. The summed E-state index contributed by atoms with van der Waals surface area (Å²) in [6, 6.07) is 6.07. The molecule has 2 aromatic rings. The summed E-state index contributed by atoms with van der Waals surface area (Å²) in [6.45, 7) is 9.37. The van der Waals surface area contributed by atoms with Crippen molar-refractivity contribution in [1.82, 2.24) is 0 Å². The van der Waals surface area contributed by atoms with Gasteiger partial charge in [-0.3, -0.25) is 9.59 Å². The van der Waals surface area contributed by atoms with E-state index < -0.39 is 0 Å². The van der Waals surface area contributed by atoms with Crippen LogP contribution < -0.4 is 0 Å². The van der Waals surface area contributed by atoms with E-state index in [1.54, 1.807) is 19.3 Å². The molecular weight excluding hydrogens is 326 g/mol. The molecule has 1 aromatic heterocycles. The van der Waals surface area contributed by atoms with E-state index in [1.807, 2.05) is 19.9 Å². The molecule has 134 valence electrons. The molecule has 0 N–H and O–H groups in total. The Morgan fingerprint density at radius 2 is 2.00 bits per heavy atom. The van der Waals surface area contributed by atoms with Crippen molar-refractivity contribution >= 4 is 11.6 Å². The fourth-order valence-corrected chi connectivity index (χ4v) is 4.40. The Kier molecular flexibility index (Phi) is 4.58. The zero-order valence-corrected chi connectivity index (χ0v) is 15.8. The van der Waals surface area contributed by atoms with Gasteiger partial charge in [0.25, 0.3) is 0 Å².